The second-order valence-electron chi connectivity index (χ2n) is 7.42. The molecule has 0 amide bonds. The normalized spacial score (nSPS) is 13.0. The maximum absolute atomic E-state index is 2.47. The Kier molecular flexibility index (Phi) is 5.11. The summed E-state index contributed by atoms with van der Waals surface area (Å²) in [4.78, 5) is 3.14. The van der Waals surface area contributed by atoms with Crippen molar-refractivity contribution in [3.63, 3.8) is 0 Å². The minimum Gasteiger partial charge on any atom is -0.144 e. The van der Waals surface area contributed by atoms with Gasteiger partial charge in [0, 0.05) is 9.75 Å². The van der Waals surface area contributed by atoms with Crippen LogP contribution in [0, 0.1) is 0 Å². The first kappa shape index (κ1) is 15.8. The van der Waals surface area contributed by atoms with Gasteiger partial charge in [0.25, 0.3) is 0 Å². The van der Waals surface area contributed by atoms with Crippen LogP contribution in [0.5, 0.6) is 0 Å². The van der Waals surface area contributed by atoms with E-state index in [0.717, 1.165) is 0 Å². The largest absolute Gasteiger partial charge is 0.144 e. The number of hydrogen-bond acceptors (Lipinski definition) is 1. The average molecular weight is 264 g/mol. The summed E-state index contributed by atoms with van der Waals surface area (Å²) < 4.78 is 0. The lowest BCUT2D eigenvalue weighted by molar-refractivity contribution is 0.594. The van der Waals surface area contributed by atoms with Gasteiger partial charge in [-0.3, -0.25) is 0 Å². The highest BCUT2D eigenvalue weighted by molar-refractivity contribution is 7.12. The van der Waals surface area contributed by atoms with Crippen LogP contribution in [-0.4, -0.2) is 7.85 Å². The Morgan fingerprint density at radius 3 is 2.06 bits per heavy atom. The second-order valence-corrected chi connectivity index (χ2v) is 8.47. The van der Waals surface area contributed by atoms with E-state index in [9.17, 15) is 0 Å². The molecule has 102 valence electrons. The monoisotopic (exact) mass is 264 g/mol. The zero-order chi connectivity index (χ0) is 14.0. The maximum Gasteiger partial charge on any atom is 0.101 e. The van der Waals surface area contributed by atoms with Crippen molar-refractivity contribution in [2.75, 3.05) is 0 Å². The number of aryl methyl sites for hydroxylation is 1. The molecule has 0 radical (unpaired) electrons. The summed E-state index contributed by atoms with van der Waals surface area (Å²) in [6.45, 7) is 14.0. The Balaban J connectivity index is 3.02. The fraction of sp³-hybridized carbons (Fsp3) is 0.750. The molecule has 2 heteroatoms. The first-order valence-corrected chi connectivity index (χ1v) is 8.11. The van der Waals surface area contributed by atoms with Gasteiger partial charge in [0.05, 0.1) is 0 Å². The molecule has 0 unspecified atom stereocenters. The lowest BCUT2D eigenvalue weighted by Crippen LogP contribution is -2.11. The number of hydrogen-bond donors (Lipinski definition) is 0. The van der Waals surface area contributed by atoms with Crippen LogP contribution in [0.1, 0.15) is 69.7 Å². The number of rotatable bonds is 4. The summed E-state index contributed by atoms with van der Waals surface area (Å²) in [6, 6.07) is 2.47. The quantitative estimate of drug-likeness (QED) is 0.545. The van der Waals surface area contributed by atoms with E-state index in [1.54, 1.807) is 15.3 Å². The van der Waals surface area contributed by atoms with Crippen LogP contribution < -0.4 is 0 Å². The van der Waals surface area contributed by atoms with E-state index >= 15 is 0 Å². The van der Waals surface area contributed by atoms with Crippen molar-refractivity contribution in [3.05, 3.63) is 21.4 Å². The van der Waals surface area contributed by atoms with Gasteiger partial charge in [0.15, 0.2) is 0 Å². The summed E-state index contributed by atoms with van der Waals surface area (Å²) in [5.74, 6) is 0. The molecule has 0 aromatic carbocycles. The molecule has 0 fully saturated rings. The summed E-state index contributed by atoms with van der Waals surface area (Å²) >= 11 is 2.03. The van der Waals surface area contributed by atoms with Crippen LogP contribution in [0.25, 0.3) is 0 Å². The molecule has 0 saturated carbocycles. The molecule has 0 aliphatic carbocycles. The maximum atomic E-state index is 2.47. The molecule has 1 aromatic heterocycles. The SMILES string of the molecule is BCCCCc1cc(C(C)(C)C)sc1C(C)(C)C. The van der Waals surface area contributed by atoms with Crippen LogP contribution in [0.2, 0.25) is 6.32 Å². The van der Waals surface area contributed by atoms with E-state index in [4.69, 9.17) is 0 Å². The lowest BCUT2D eigenvalue weighted by Gasteiger charge is -2.19. The Bertz CT molecular complexity index is 377. The molecule has 0 N–H and O–H groups in total. The van der Waals surface area contributed by atoms with E-state index in [-0.39, 0.29) is 10.8 Å². The van der Waals surface area contributed by atoms with Gasteiger partial charge in [-0.1, -0.05) is 54.3 Å². The molecule has 1 rings (SSSR count). The van der Waals surface area contributed by atoms with Crippen LogP contribution in [0.15, 0.2) is 6.07 Å². The Labute approximate surface area is 119 Å². The molecule has 0 nitrogen and oxygen atoms in total. The van der Waals surface area contributed by atoms with Crippen molar-refractivity contribution in [3.8, 4) is 0 Å². The summed E-state index contributed by atoms with van der Waals surface area (Å²) in [6.07, 6.45) is 5.25. The Hall–Kier alpha value is -0.235. The zero-order valence-electron chi connectivity index (χ0n) is 13.3. The highest BCUT2D eigenvalue weighted by atomic mass is 32.1. The number of thiophene rings is 1. The van der Waals surface area contributed by atoms with Gasteiger partial charge in [0.1, 0.15) is 7.85 Å². The third-order valence-electron chi connectivity index (χ3n) is 3.28. The highest BCUT2D eigenvalue weighted by Gasteiger charge is 2.25. The van der Waals surface area contributed by atoms with Gasteiger partial charge in [0.2, 0.25) is 0 Å². The molecule has 18 heavy (non-hydrogen) atoms. The van der Waals surface area contributed by atoms with Crippen molar-refractivity contribution in [2.24, 2.45) is 0 Å². The Morgan fingerprint density at radius 1 is 1.00 bits per heavy atom. The van der Waals surface area contributed by atoms with Gasteiger partial charge in [-0.05, 0) is 35.3 Å². The second kappa shape index (κ2) is 5.82. The summed E-state index contributed by atoms with van der Waals surface area (Å²) in [5.41, 5.74) is 2.18. The Morgan fingerprint density at radius 2 is 1.61 bits per heavy atom. The van der Waals surface area contributed by atoms with E-state index in [2.05, 4.69) is 55.5 Å². The summed E-state index contributed by atoms with van der Waals surface area (Å²) in [5, 5.41) is 0. The van der Waals surface area contributed by atoms with Gasteiger partial charge < -0.3 is 0 Å². The third-order valence-corrected chi connectivity index (χ3v) is 5.31. The van der Waals surface area contributed by atoms with Crippen molar-refractivity contribution in [1.82, 2.24) is 0 Å². The van der Waals surface area contributed by atoms with Gasteiger partial charge in [-0.15, -0.1) is 11.3 Å². The predicted molar refractivity (Wildman–Crippen MR) is 88.0 cm³/mol. The fourth-order valence-corrected chi connectivity index (χ4v) is 3.51. The lowest BCUT2D eigenvalue weighted by atomic mass is 9.88. The van der Waals surface area contributed by atoms with E-state index in [0.29, 0.717) is 0 Å². The van der Waals surface area contributed by atoms with Crippen LogP contribution >= 0.6 is 11.3 Å². The van der Waals surface area contributed by atoms with Gasteiger partial charge >= 0.3 is 0 Å². The standard InChI is InChI=1S/C16H29BS/c1-15(2,3)13-11-12(9-7-8-10-17)14(18-13)16(4,5)6/h11H,7-10,17H2,1-6H3. The molecule has 0 saturated heterocycles. The van der Waals surface area contributed by atoms with Crippen LogP contribution in [0.4, 0.5) is 0 Å². The van der Waals surface area contributed by atoms with Crippen molar-refractivity contribution < 1.29 is 0 Å². The topological polar surface area (TPSA) is 0 Å². The van der Waals surface area contributed by atoms with Crippen molar-refractivity contribution >= 4 is 19.2 Å². The first-order chi connectivity index (χ1) is 8.16. The predicted octanol–water partition coefficient (Wildman–Crippen LogP) is 4.72. The zero-order valence-corrected chi connectivity index (χ0v) is 14.1. The molecular weight excluding hydrogens is 235 g/mol. The first-order valence-electron chi connectivity index (χ1n) is 7.30. The third kappa shape index (κ3) is 4.15. The average Bonchev–Trinajstić information content (AvgIpc) is 2.61. The van der Waals surface area contributed by atoms with Crippen molar-refractivity contribution in [2.45, 2.75) is 78.0 Å². The molecule has 1 aromatic rings. The molecule has 0 bridgehead atoms. The minimum absolute atomic E-state index is 0.285. The van der Waals surface area contributed by atoms with E-state index < -0.39 is 0 Å². The molecule has 0 aliphatic heterocycles. The summed E-state index contributed by atoms with van der Waals surface area (Å²) in [7, 11) is 2.28. The molecule has 0 aliphatic rings. The molecule has 0 atom stereocenters. The number of unbranched alkanes of at least 4 members (excludes halogenated alkanes) is 1. The van der Waals surface area contributed by atoms with Crippen molar-refractivity contribution in [1.29, 1.82) is 0 Å². The van der Waals surface area contributed by atoms with E-state index in [1.807, 2.05) is 11.3 Å². The fourth-order valence-electron chi connectivity index (χ4n) is 2.18. The molecular formula is C16H29BS. The van der Waals surface area contributed by atoms with Crippen LogP contribution in [0.3, 0.4) is 0 Å². The van der Waals surface area contributed by atoms with Gasteiger partial charge in [-0.25, -0.2) is 0 Å². The van der Waals surface area contributed by atoms with E-state index in [1.165, 1.54) is 25.6 Å². The van der Waals surface area contributed by atoms with Gasteiger partial charge in [-0.2, -0.15) is 0 Å². The molecule has 0 spiro atoms. The minimum atomic E-state index is 0.285. The smallest absolute Gasteiger partial charge is 0.101 e. The van der Waals surface area contributed by atoms with Crippen LogP contribution in [-0.2, 0) is 17.3 Å². The highest BCUT2D eigenvalue weighted by Crippen LogP contribution is 2.39. The molecule has 1 heterocycles.